The van der Waals surface area contributed by atoms with E-state index in [1.165, 1.54) is 321 Å². The van der Waals surface area contributed by atoms with Crippen LogP contribution in [0.4, 0.5) is 0 Å². The van der Waals surface area contributed by atoms with Crippen molar-refractivity contribution in [2.45, 2.75) is 354 Å². The number of rotatable bonds is 54. The predicted molar refractivity (Wildman–Crippen MR) is 267 cm³/mol. The van der Waals surface area contributed by atoms with Crippen LogP contribution in [0.3, 0.4) is 0 Å². The predicted octanol–water partition coefficient (Wildman–Crippen LogP) is 21.2. The van der Waals surface area contributed by atoms with E-state index in [2.05, 4.69) is 13.8 Å². The van der Waals surface area contributed by atoms with Crippen LogP contribution in [0.2, 0.25) is 0 Å². The average Bonchev–Trinajstić information content (AvgIpc) is 3.24. The van der Waals surface area contributed by atoms with Crippen LogP contribution in [0.5, 0.6) is 0 Å². The van der Waals surface area contributed by atoms with E-state index in [9.17, 15) is 4.79 Å². The fraction of sp³-hybridized carbons (Fsp3) is 0.982. The van der Waals surface area contributed by atoms with E-state index in [4.69, 9.17) is 4.74 Å². The number of esters is 1. The molecule has 0 aliphatic carbocycles. The fourth-order valence-electron chi connectivity index (χ4n) is 9.26. The molecule has 0 unspecified atom stereocenters. The maximum Gasteiger partial charge on any atom is 0.305 e. The van der Waals surface area contributed by atoms with E-state index in [0.717, 1.165) is 12.8 Å². The lowest BCUT2D eigenvalue weighted by Crippen LogP contribution is -2.05. The topological polar surface area (TPSA) is 26.3 Å². The summed E-state index contributed by atoms with van der Waals surface area (Å²) >= 11 is 0. The second kappa shape index (κ2) is 55.5. The summed E-state index contributed by atoms with van der Waals surface area (Å²) in [6.07, 6.45) is 74.3. The van der Waals surface area contributed by atoms with E-state index in [-0.39, 0.29) is 5.97 Å². The minimum absolute atomic E-state index is 0.0340. The summed E-state index contributed by atoms with van der Waals surface area (Å²) in [5.41, 5.74) is 0. The summed E-state index contributed by atoms with van der Waals surface area (Å²) < 4.78 is 5.49. The number of unbranched alkanes of at least 4 members (excludes halogenated alkanes) is 50. The number of ether oxygens (including phenoxy) is 1. The highest BCUT2D eigenvalue weighted by Crippen LogP contribution is 2.18. The van der Waals surface area contributed by atoms with Gasteiger partial charge in [-0.3, -0.25) is 4.79 Å². The molecule has 0 spiro atoms. The van der Waals surface area contributed by atoms with Gasteiger partial charge in [-0.15, -0.1) is 0 Å². The lowest BCUT2D eigenvalue weighted by Gasteiger charge is -2.06. The monoisotopic (exact) mass is 831 g/mol. The summed E-state index contributed by atoms with van der Waals surface area (Å²) in [5, 5.41) is 0. The molecule has 0 bridgehead atoms. The largest absolute Gasteiger partial charge is 0.466 e. The Kier molecular flexibility index (Phi) is 55.0. The van der Waals surface area contributed by atoms with Crippen molar-refractivity contribution >= 4 is 5.97 Å². The molecule has 0 fully saturated rings. The molecule has 0 aromatic carbocycles. The quantitative estimate of drug-likeness (QED) is 0.0451. The second-order valence-corrected chi connectivity index (χ2v) is 19.6. The van der Waals surface area contributed by atoms with Crippen molar-refractivity contribution < 1.29 is 9.53 Å². The molecule has 0 rings (SSSR count). The molecule has 0 aromatic heterocycles. The van der Waals surface area contributed by atoms with Crippen LogP contribution in [0.1, 0.15) is 354 Å². The van der Waals surface area contributed by atoms with Crippen LogP contribution < -0.4 is 0 Å². The van der Waals surface area contributed by atoms with Crippen LogP contribution in [0, 0.1) is 0 Å². The van der Waals surface area contributed by atoms with Gasteiger partial charge in [0, 0.05) is 6.42 Å². The third kappa shape index (κ3) is 55.5. The highest BCUT2D eigenvalue weighted by atomic mass is 16.5. The summed E-state index contributed by atoms with van der Waals surface area (Å²) in [7, 11) is 0. The Bertz CT molecular complexity index is 732. The third-order valence-corrected chi connectivity index (χ3v) is 13.5. The normalized spacial score (nSPS) is 11.6. The Morgan fingerprint density at radius 2 is 0.373 bits per heavy atom. The molecule has 0 amide bonds. The molecule has 59 heavy (non-hydrogen) atoms. The molecule has 0 aliphatic rings. The van der Waals surface area contributed by atoms with Gasteiger partial charge in [-0.25, -0.2) is 0 Å². The fourth-order valence-corrected chi connectivity index (χ4v) is 9.26. The van der Waals surface area contributed by atoms with E-state index in [0.29, 0.717) is 13.0 Å². The molecule has 2 nitrogen and oxygen atoms in total. The average molecular weight is 832 g/mol. The zero-order chi connectivity index (χ0) is 42.5. The molecule has 0 atom stereocenters. The maximum atomic E-state index is 12.1. The lowest BCUT2D eigenvalue weighted by molar-refractivity contribution is -0.143. The van der Waals surface area contributed by atoms with Gasteiger partial charge in [0.2, 0.25) is 0 Å². The Morgan fingerprint density at radius 1 is 0.220 bits per heavy atom. The van der Waals surface area contributed by atoms with Crippen LogP contribution >= 0.6 is 0 Å². The first-order chi connectivity index (χ1) is 29.3. The number of carbonyl (C=O) groups is 1. The van der Waals surface area contributed by atoms with Crippen LogP contribution in [0.15, 0.2) is 0 Å². The summed E-state index contributed by atoms with van der Waals surface area (Å²) in [6, 6.07) is 0. The van der Waals surface area contributed by atoms with Gasteiger partial charge in [0.15, 0.2) is 0 Å². The molecule has 0 aliphatic heterocycles. The Hall–Kier alpha value is -0.530. The van der Waals surface area contributed by atoms with Gasteiger partial charge in [0.1, 0.15) is 0 Å². The first-order valence-corrected chi connectivity index (χ1v) is 28.5. The van der Waals surface area contributed by atoms with E-state index >= 15 is 0 Å². The number of hydrogen-bond donors (Lipinski definition) is 0. The molecule has 0 radical (unpaired) electrons. The minimum atomic E-state index is 0.0340. The standard InChI is InChI=1S/C57H114O2/c1-3-5-7-9-11-13-15-17-19-20-21-22-23-24-25-26-27-28-29-30-31-32-33-34-35-36-37-38-39-40-41-43-45-47-49-51-53-55-57(58)59-56-54-52-50-48-46-44-42-18-16-14-12-10-8-6-4-2/h3-56H2,1-2H3. The van der Waals surface area contributed by atoms with Gasteiger partial charge in [0.25, 0.3) is 0 Å². The molecule has 354 valence electrons. The van der Waals surface area contributed by atoms with Crippen molar-refractivity contribution in [3.63, 3.8) is 0 Å². The highest BCUT2D eigenvalue weighted by Gasteiger charge is 2.03. The first-order valence-electron chi connectivity index (χ1n) is 28.5. The van der Waals surface area contributed by atoms with Crippen molar-refractivity contribution in [1.82, 2.24) is 0 Å². The molecular formula is C57H114O2. The first kappa shape index (κ1) is 58.5. The van der Waals surface area contributed by atoms with Crippen molar-refractivity contribution in [3.8, 4) is 0 Å². The Balaban J connectivity index is 3.12. The summed E-state index contributed by atoms with van der Waals surface area (Å²) in [6.45, 7) is 5.24. The van der Waals surface area contributed by atoms with Crippen LogP contribution in [-0.4, -0.2) is 12.6 Å². The zero-order valence-electron chi connectivity index (χ0n) is 41.5. The van der Waals surface area contributed by atoms with Gasteiger partial charge in [-0.05, 0) is 12.8 Å². The second-order valence-electron chi connectivity index (χ2n) is 19.6. The highest BCUT2D eigenvalue weighted by molar-refractivity contribution is 5.69. The SMILES string of the molecule is CCCCCCCCCCCCCCCCCCCCCCCCCCCCCCCCCCCCCCCC(=O)OCCCCCCCCCCCCCCCCC. The molecule has 0 saturated heterocycles. The van der Waals surface area contributed by atoms with Crippen molar-refractivity contribution in [1.29, 1.82) is 0 Å². The summed E-state index contributed by atoms with van der Waals surface area (Å²) in [5.74, 6) is 0.0340. The molecule has 0 saturated carbocycles. The third-order valence-electron chi connectivity index (χ3n) is 13.5. The molecular weight excluding hydrogens is 717 g/mol. The van der Waals surface area contributed by atoms with E-state index < -0.39 is 0 Å². The summed E-state index contributed by atoms with van der Waals surface area (Å²) in [4.78, 5) is 12.1. The Labute approximate surface area is 374 Å². The lowest BCUT2D eigenvalue weighted by atomic mass is 10.0. The molecule has 0 N–H and O–H groups in total. The zero-order valence-corrected chi connectivity index (χ0v) is 41.5. The number of carbonyl (C=O) groups excluding carboxylic acids is 1. The van der Waals surface area contributed by atoms with Gasteiger partial charge in [-0.2, -0.15) is 0 Å². The van der Waals surface area contributed by atoms with E-state index in [1.807, 2.05) is 0 Å². The van der Waals surface area contributed by atoms with Crippen LogP contribution in [-0.2, 0) is 9.53 Å². The Morgan fingerprint density at radius 3 is 0.559 bits per heavy atom. The van der Waals surface area contributed by atoms with Crippen molar-refractivity contribution in [2.75, 3.05) is 6.61 Å². The van der Waals surface area contributed by atoms with Gasteiger partial charge < -0.3 is 4.74 Å². The van der Waals surface area contributed by atoms with Crippen molar-refractivity contribution in [2.24, 2.45) is 0 Å². The van der Waals surface area contributed by atoms with Gasteiger partial charge >= 0.3 is 5.97 Å². The smallest absolute Gasteiger partial charge is 0.305 e. The molecule has 0 aromatic rings. The minimum Gasteiger partial charge on any atom is -0.466 e. The number of hydrogen-bond acceptors (Lipinski definition) is 2. The molecule has 2 heteroatoms. The van der Waals surface area contributed by atoms with Gasteiger partial charge in [-0.1, -0.05) is 335 Å². The van der Waals surface area contributed by atoms with Crippen LogP contribution in [0.25, 0.3) is 0 Å². The van der Waals surface area contributed by atoms with Gasteiger partial charge in [0.05, 0.1) is 6.61 Å². The van der Waals surface area contributed by atoms with Crippen molar-refractivity contribution in [3.05, 3.63) is 0 Å². The van der Waals surface area contributed by atoms with E-state index in [1.54, 1.807) is 0 Å². The molecule has 0 heterocycles. The maximum absolute atomic E-state index is 12.1.